The summed E-state index contributed by atoms with van der Waals surface area (Å²) < 4.78 is 5.05. The van der Waals surface area contributed by atoms with Gasteiger partial charge in [-0.15, -0.1) is 0 Å². The van der Waals surface area contributed by atoms with Crippen LogP contribution in [-0.4, -0.2) is 45.4 Å². The maximum atomic E-state index is 11.9. The second kappa shape index (κ2) is 29.0. The first kappa shape index (κ1) is 47.4. The zero-order valence-corrected chi connectivity index (χ0v) is 33.0. The lowest BCUT2D eigenvalue weighted by molar-refractivity contribution is -0.172. The molecule has 0 aromatic carbocycles. The predicted octanol–water partition coefficient (Wildman–Crippen LogP) is 11.9. The van der Waals surface area contributed by atoms with E-state index in [0.717, 1.165) is 37.0 Å². The first-order valence-corrected chi connectivity index (χ1v) is 20.5. The van der Waals surface area contributed by atoms with Crippen LogP contribution in [0.15, 0.2) is 0 Å². The number of carbonyl (C=O) groups is 3. The molecule has 0 aliphatic carbocycles. The molecule has 0 spiro atoms. The number of carbonyl (C=O) groups excluding carboxylic acids is 1. The molecule has 290 valence electrons. The molecule has 0 radical (unpaired) electrons. The van der Waals surface area contributed by atoms with Crippen molar-refractivity contribution in [3.8, 4) is 0 Å². The molecule has 0 saturated carbocycles. The number of rotatable bonds is 35. The summed E-state index contributed by atoms with van der Waals surface area (Å²) in [5, 5.41) is 27.9. The Kier molecular flexibility index (Phi) is 28.0. The molecular formula is C42H80O7. The molecule has 7 nitrogen and oxygen atoms in total. The van der Waals surface area contributed by atoms with Crippen LogP contribution < -0.4 is 0 Å². The van der Waals surface area contributed by atoms with Crippen molar-refractivity contribution >= 4 is 17.9 Å². The van der Waals surface area contributed by atoms with Gasteiger partial charge in [0, 0.05) is 0 Å². The molecule has 3 N–H and O–H groups in total. The Balaban J connectivity index is 4.61. The fourth-order valence-electron chi connectivity index (χ4n) is 7.22. The van der Waals surface area contributed by atoms with E-state index < -0.39 is 36.4 Å². The zero-order valence-electron chi connectivity index (χ0n) is 33.0. The van der Waals surface area contributed by atoms with E-state index in [4.69, 9.17) is 14.9 Å². The summed E-state index contributed by atoms with van der Waals surface area (Å²) in [5.41, 5.74) is -2.10. The van der Waals surface area contributed by atoms with Gasteiger partial charge in [-0.05, 0) is 55.3 Å². The molecule has 1 unspecified atom stereocenters. The summed E-state index contributed by atoms with van der Waals surface area (Å²) in [4.78, 5) is 34.0. The third-order valence-corrected chi connectivity index (χ3v) is 10.4. The second-order valence-corrected chi connectivity index (χ2v) is 16.7. The fourth-order valence-corrected chi connectivity index (χ4v) is 7.22. The van der Waals surface area contributed by atoms with Crippen molar-refractivity contribution < 1.29 is 34.4 Å². The van der Waals surface area contributed by atoms with Gasteiger partial charge in [-0.2, -0.15) is 0 Å². The van der Waals surface area contributed by atoms with Crippen molar-refractivity contribution in [2.45, 2.75) is 221 Å². The second-order valence-electron chi connectivity index (χ2n) is 16.7. The molecule has 1 atom stereocenters. The van der Waals surface area contributed by atoms with Gasteiger partial charge >= 0.3 is 17.9 Å². The van der Waals surface area contributed by atoms with Gasteiger partial charge < -0.3 is 20.1 Å². The standard InChI is InChI=1S/C42H80O7/c1-35(2)25-17-14-21-29-41(30-22-15-18-26-36(3)4,31-23-16-19-27-37(5)6)28-20-12-10-8-7-9-11-13-24-32-49-39(45)34-42(48,40(46)47)33-38(43)44/h35-37,48H,7-34H2,1-6H3,(H,43,44)(H,46,47). The first-order valence-electron chi connectivity index (χ1n) is 20.5. The summed E-state index contributed by atoms with van der Waals surface area (Å²) >= 11 is 0. The average molecular weight is 697 g/mol. The highest BCUT2D eigenvalue weighted by atomic mass is 16.5. The van der Waals surface area contributed by atoms with Crippen molar-refractivity contribution in [1.29, 1.82) is 0 Å². The van der Waals surface area contributed by atoms with Crippen LogP contribution in [0, 0.1) is 23.2 Å². The van der Waals surface area contributed by atoms with Crippen LogP contribution in [0.1, 0.15) is 215 Å². The van der Waals surface area contributed by atoms with Gasteiger partial charge in [0.25, 0.3) is 0 Å². The molecule has 0 aromatic heterocycles. The van der Waals surface area contributed by atoms with E-state index in [1.54, 1.807) is 0 Å². The monoisotopic (exact) mass is 697 g/mol. The quantitative estimate of drug-likeness (QED) is 0.0445. The van der Waals surface area contributed by atoms with Crippen LogP contribution in [0.2, 0.25) is 0 Å². The molecule has 0 heterocycles. The van der Waals surface area contributed by atoms with Crippen LogP contribution in [0.5, 0.6) is 0 Å². The Morgan fingerprint density at radius 3 is 1.14 bits per heavy atom. The van der Waals surface area contributed by atoms with E-state index in [9.17, 15) is 19.5 Å². The summed E-state index contributed by atoms with van der Waals surface area (Å²) in [5.74, 6) is -1.68. The zero-order chi connectivity index (χ0) is 37.0. The summed E-state index contributed by atoms with van der Waals surface area (Å²) in [7, 11) is 0. The van der Waals surface area contributed by atoms with Gasteiger partial charge in [-0.1, -0.05) is 170 Å². The SMILES string of the molecule is CC(C)CCCCCC(CCCCCCCCCCCOC(=O)CC(O)(CC(=O)O)C(=O)O)(CCCCCC(C)C)CCCCCC(C)C. The van der Waals surface area contributed by atoms with Crippen molar-refractivity contribution in [3.63, 3.8) is 0 Å². The molecule has 0 fully saturated rings. The Hall–Kier alpha value is -1.63. The number of ether oxygens (including phenoxy) is 1. The van der Waals surface area contributed by atoms with Crippen LogP contribution in [0.3, 0.4) is 0 Å². The highest BCUT2D eigenvalue weighted by Crippen LogP contribution is 2.42. The van der Waals surface area contributed by atoms with Crippen LogP contribution in [0.4, 0.5) is 0 Å². The molecule has 0 aromatic rings. The van der Waals surface area contributed by atoms with Crippen molar-refractivity contribution in [2.24, 2.45) is 23.2 Å². The molecule has 49 heavy (non-hydrogen) atoms. The molecule has 0 saturated heterocycles. The molecule has 0 aliphatic heterocycles. The topological polar surface area (TPSA) is 121 Å². The van der Waals surface area contributed by atoms with Crippen LogP contribution >= 0.6 is 0 Å². The third kappa shape index (κ3) is 27.7. The Morgan fingerprint density at radius 2 is 0.816 bits per heavy atom. The maximum Gasteiger partial charge on any atom is 0.336 e. The molecule has 7 heteroatoms. The van der Waals surface area contributed by atoms with E-state index in [-0.39, 0.29) is 6.61 Å². The van der Waals surface area contributed by atoms with Gasteiger partial charge in [-0.25, -0.2) is 4.79 Å². The van der Waals surface area contributed by atoms with Crippen molar-refractivity contribution in [3.05, 3.63) is 0 Å². The minimum absolute atomic E-state index is 0.149. The van der Waals surface area contributed by atoms with Gasteiger partial charge in [0.1, 0.15) is 0 Å². The van der Waals surface area contributed by atoms with E-state index in [0.29, 0.717) is 11.8 Å². The number of aliphatic hydroxyl groups is 1. The lowest BCUT2D eigenvalue weighted by Gasteiger charge is -2.35. The summed E-state index contributed by atoms with van der Waals surface area (Å²) in [6.07, 6.45) is 30.7. The van der Waals surface area contributed by atoms with E-state index in [1.807, 2.05) is 0 Å². The molecule has 0 bridgehead atoms. The number of unbranched alkanes of at least 4 members (excludes halogenated alkanes) is 14. The number of aliphatic carboxylic acids is 2. The number of carboxylic acids is 2. The maximum absolute atomic E-state index is 11.9. The van der Waals surface area contributed by atoms with Gasteiger partial charge in [0.05, 0.1) is 19.4 Å². The highest BCUT2D eigenvalue weighted by molar-refractivity contribution is 5.88. The third-order valence-electron chi connectivity index (χ3n) is 10.4. The average Bonchev–Trinajstić information content (AvgIpc) is 3.00. The number of hydrogen-bond acceptors (Lipinski definition) is 5. The van der Waals surface area contributed by atoms with E-state index in [2.05, 4.69) is 41.5 Å². The van der Waals surface area contributed by atoms with Crippen molar-refractivity contribution in [1.82, 2.24) is 0 Å². The number of carboxylic acid groups (broad SMARTS) is 2. The van der Waals surface area contributed by atoms with E-state index >= 15 is 0 Å². The Morgan fingerprint density at radius 1 is 0.490 bits per heavy atom. The van der Waals surface area contributed by atoms with E-state index in [1.165, 1.54) is 135 Å². The normalized spacial score (nSPS) is 13.3. The number of hydrogen-bond donors (Lipinski definition) is 3. The van der Waals surface area contributed by atoms with Gasteiger partial charge in [0.2, 0.25) is 0 Å². The lowest BCUT2D eigenvalue weighted by Crippen LogP contribution is -2.43. The minimum atomic E-state index is -2.64. The fraction of sp³-hybridized carbons (Fsp3) is 0.929. The number of esters is 1. The Bertz CT molecular complexity index is 791. The van der Waals surface area contributed by atoms with Crippen LogP contribution in [-0.2, 0) is 19.1 Å². The summed E-state index contributed by atoms with van der Waals surface area (Å²) in [6, 6.07) is 0. The molecule has 0 aliphatic rings. The minimum Gasteiger partial charge on any atom is -0.481 e. The largest absolute Gasteiger partial charge is 0.481 e. The Labute approximate surface area is 302 Å². The van der Waals surface area contributed by atoms with Gasteiger partial charge in [-0.3, -0.25) is 9.59 Å². The smallest absolute Gasteiger partial charge is 0.336 e. The molecular weight excluding hydrogens is 616 g/mol. The summed E-state index contributed by atoms with van der Waals surface area (Å²) in [6.45, 7) is 14.2. The molecule has 0 amide bonds. The van der Waals surface area contributed by atoms with Crippen LogP contribution in [0.25, 0.3) is 0 Å². The predicted molar refractivity (Wildman–Crippen MR) is 203 cm³/mol. The molecule has 0 rings (SSSR count). The lowest BCUT2D eigenvalue weighted by atomic mass is 9.70. The highest BCUT2D eigenvalue weighted by Gasteiger charge is 2.41. The van der Waals surface area contributed by atoms with Gasteiger partial charge in [0.15, 0.2) is 5.60 Å². The first-order chi connectivity index (χ1) is 23.2. The van der Waals surface area contributed by atoms with Crippen molar-refractivity contribution in [2.75, 3.05) is 6.61 Å².